The number of amides is 1. The smallest absolute Gasteiger partial charge is 0.267 e. The lowest BCUT2D eigenvalue weighted by molar-refractivity contribution is -0.132. The molecule has 3 heterocycles. The minimum Gasteiger partial charge on any atom is -0.353 e. The van der Waals surface area contributed by atoms with Crippen molar-refractivity contribution in [1.82, 2.24) is 24.6 Å². The highest BCUT2D eigenvalue weighted by atomic mass is 19.1. The molecule has 1 fully saturated rings. The Morgan fingerprint density at radius 1 is 1.03 bits per heavy atom. The molecule has 1 amide bonds. The fourth-order valence-electron chi connectivity index (χ4n) is 3.38. The third-order valence-corrected chi connectivity index (χ3v) is 5.03. The van der Waals surface area contributed by atoms with E-state index in [1.165, 1.54) is 29.2 Å². The number of aryl methyl sites for hydroxylation is 1. The van der Waals surface area contributed by atoms with Gasteiger partial charge in [-0.05, 0) is 37.3 Å². The SMILES string of the molecule is Cc1ccc(=O)n(CC(=O)N2CCN(c3cc(-c4ccc(F)cc4)ncn3)CC2)n1. The Kier molecular flexibility index (Phi) is 5.51. The summed E-state index contributed by atoms with van der Waals surface area (Å²) < 4.78 is 14.4. The highest BCUT2D eigenvalue weighted by Crippen LogP contribution is 2.22. The van der Waals surface area contributed by atoms with E-state index in [-0.39, 0.29) is 23.8 Å². The van der Waals surface area contributed by atoms with Crippen molar-refractivity contribution >= 4 is 11.7 Å². The van der Waals surface area contributed by atoms with Gasteiger partial charge in [-0.1, -0.05) is 0 Å². The Morgan fingerprint density at radius 3 is 2.50 bits per heavy atom. The quantitative estimate of drug-likeness (QED) is 0.651. The number of piperazine rings is 1. The first-order chi connectivity index (χ1) is 14.5. The average molecular weight is 408 g/mol. The second-order valence-corrected chi connectivity index (χ2v) is 7.11. The lowest BCUT2D eigenvalue weighted by Crippen LogP contribution is -2.50. The zero-order valence-corrected chi connectivity index (χ0v) is 16.5. The molecule has 0 radical (unpaired) electrons. The second-order valence-electron chi connectivity index (χ2n) is 7.11. The van der Waals surface area contributed by atoms with E-state index in [0.29, 0.717) is 37.6 Å². The van der Waals surface area contributed by atoms with E-state index in [2.05, 4.69) is 20.0 Å². The van der Waals surface area contributed by atoms with Crippen LogP contribution in [0.25, 0.3) is 11.3 Å². The molecule has 154 valence electrons. The van der Waals surface area contributed by atoms with Gasteiger partial charge in [0.2, 0.25) is 5.91 Å². The maximum Gasteiger partial charge on any atom is 0.267 e. The number of nitrogens with zero attached hydrogens (tertiary/aromatic N) is 6. The predicted octanol–water partition coefficient (Wildman–Crippen LogP) is 1.50. The number of carbonyl (C=O) groups is 1. The van der Waals surface area contributed by atoms with Gasteiger partial charge in [0.25, 0.3) is 5.56 Å². The lowest BCUT2D eigenvalue weighted by Gasteiger charge is -2.35. The van der Waals surface area contributed by atoms with Gasteiger partial charge in [0, 0.05) is 43.9 Å². The molecule has 2 aromatic heterocycles. The first-order valence-electron chi connectivity index (χ1n) is 9.65. The Morgan fingerprint density at radius 2 is 1.77 bits per heavy atom. The standard InChI is InChI=1S/C21H21FN6O2/c1-15-2-7-20(29)28(25-15)13-21(30)27-10-8-26(9-11-27)19-12-18(23-14-24-19)16-3-5-17(22)6-4-16/h2-7,12,14H,8-11,13H2,1H3. The van der Waals surface area contributed by atoms with Crippen LogP contribution >= 0.6 is 0 Å². The summed E-state index contributed by atoms with van der Waals surface area (Å²) >= 11 is 0. The van der Waals surface area contributed by atoms with Crippen molar-refractivity contribution in [2.45, 2.75) is 13.5 Å². The van der Waals surface area contributed by atoms with Crippen molar-refractivity contribution in [2.75, 3.05) is 31.1 Å². The molecule has 0 spiro atoms. The minimum absolute atomic E-state index is 0.0667. The van der Waals surface area contributed by atoms with Crippen molar-refractivity contribution in [2.24, 2.45) is 0 Å². The van der Waals surface area contributed by atoms with E-state index in [1.54, 1.807) is 30.0 Å². The van der Waals surface area contributed by atoms with E-state index in [1.807, 2.05) is 6.07 Å². The Balaban J connectivity index is 1.40. The van der Waals surface area contributed by atoms with Crippen molar-refractivity contribution in [3.05, 3.63) is 70.7 Å². The van der Waals surface area contributed by atoms with Crippen molar-refractivity contribution in [1.29, 1.82) is 0 Å². The summed E-state index contributed by atoms with van der Waals surface area (Å²) in [5.41, 5.74) is 1.92. The van der Waals surface area contributed by atoms with Gasteiger partial charge >= 0.3 is 0 Å². The summed E-state index contributed by atoms with van der Waals surface area (Å²) in [7, 11) is 0. The fourth-order valence-corrected chi connectivity index (χ4v) is 3.38. The number of anilines is 1. The molecule has 30 heavy (non-hydrogen) atoms. The summed E-state index contributed by atoms with van der Waals surface area (Å²) in [6, 6.07) is 11.1. The van der Waals surface area contributed by atoms with E-state index in [9.17, 15) is 14.0 Å². The van der Waals surface area contributed by atoms with Gasteiger partial charge < -0.3 is 9.80 Å². The summed E-state index contributed by atoms with van der Waals surface area (Å²) in [4.78, 5) is 36.9. The van der Waals surface area contributed by atoms with E-state index in [0.717, 1.165) is 11.4 Å². The van der Waals surface area contributed by atoms with E-state index >= 15 is 0 Å². The van der Waals surface area contributed by atoms with E-state index < -0.39 is 0 Å². The molecule has 1 aliphatic heterocycles. The highest BCUT2D eigenvalue weighted by molar-refractivity contribution is 5.76. The summed E-state index contributed by atoms with van der Waals surface area (Å²) in [6.45, 7) is 3.98. The van der Waals surface area contributed by atoms with Crippen molar-refractivity contribution in [3.63, 3.8) is 0 Å². The molecule has 0 N–H and O–H groups in total. The minimum atomic E-state index is -0.294. The van der Waals surface area contributed by atoms with Gasteiger partial charge in [-0.15, -0.1) is 0 Å². The molecule has 1 saturated heterocycles. The van der Waals surface area contributed by atoms with E-state index in [4.69, 9.17) is 0 Å². The number of halogens is 1. The number of hydrogen-bond donors (Lipinski definition) is 0. The van der Waals surface area contributed by atoms with Crippen molar-refractivity contribution < 1.29 is 9.18 Å². The number of benzene rings is 1. The summed E-state index contributed by atoms with van der Waals surface area (Å²) in [5.74, 6) is 0.328. The largest absolute Gasteiger partial charge is 0.353 e. The van der Waals surface area contributed by atoms with Crippen LogP contribution in [0.5, 0.6) is 0 Å². The van der Waals surface area contributed by atoms with Crippen LogP contribution in [0.15, 0.2) is 53.6 Å². The first kappa shape index (κ1) is 19.7. The molecule has 4 rings (SSSR count). The fraction of sp³-hybridized carbons (Fsp3) is 0.286. The molecule has 1 aliphatic rings. The molecule has 0 unspecified atom stereocenters. The van der Waals surface area contributed by atoms with Crippen LogP contribution in [0.1, 0.15) is 5.69 Å². The normalized spacial score (nSPS) is 14.1. The Hall–Kier alpha value is -3.62. The maximum absolute atomic E-state index is 13.2. The molecule has 0 bridgehead atoms. The molecule has 0 atom stereocenters. The first-order valence-corrected chi connectivity index (χ1v) is 9.65. The molecule has 0 saturated carbocycles. The Bertz CT molecular complexity index is 1110. The topological polar surface area (TPSA) is 84.2 Å². The Labute approximate surface area is 172 Å². The maximum atomic E-state index is 13.2. The summed E-state index contributed by atoms with van der Waals surface area (Å²) in [6.07, 6.45) is 1.49. The molecule has 0 aliphatic carbocycles. The molecular formula is C21H21FN6O2. The van der Waals surface area contributed by atoms with Gasteiger partial charge in [-0.3, -0.25) is 9.59 Å². The van der Waals surface area contributed by atoms with Crippen LogP contribution in [-0.4, -0.2) is 56.7 Å². The van der Waals surface area contributed by atoms with Gasteiger partial charge in [-0.2, -0.15) is 5.10 Å². The van der Waals surface area contributed by atoms with Gasteiger partial charge in [0.15, 0.2) is 0 Å². The van der Waals surface area contributed by atoms with Gasteiger partial charge in [0.1, 0.15) is 24.5 Å². The average Bonchev–Trinajstić information content (AvgIpc) is 2.77. The number of hydrogen-bond acceptors (Lipinski definition) is 6. The molecule has 8 nitrogen and oxygen atoms in total. The zero-order valence-electron chi connectivity index (χ0n) is 16.5. The lowest BCUT2D eigenvalue weighted by atomic mass is 10.1. The van der Waals surface area contributed by atoms with Crippen LogP contribution in [0, 0.1) is 12.7 Å². The third kappa shape index (κ3) is 4.35. The highest BCUT2D eigenvalue weighted by Gasteiger charge is 2.23. The van der Waals surface area contributed by atoms with Crippen molar-refractivity contribution in [3.8, 4) is 11.3 Å². The van der Waals surface area contributed by atoms with Gasteiger partial charge in [0.05, 0.1) is 11.4 Å². The number of rotatable bonds is 4. The monoisotopic (exact) mass is 408 g/mol. The molecule has 3 aromatic rings. The molecular weight excluding hydrogens is 387 g/mol. The van der Waals surface area contributed by atoms with Crippen LogP contribution in [0.4, 0.5) is 10.2 Å². The predicted molar refractivity (Wildman–Crippen MR) is 109 cm³/mol. The molecule has 1 aromatic carbocycles. The zero-order chi connectivity index (χ0) is 21.1. The third-order valence-electron chi connectivity index (χ3n) is 5.03. The van der Waals surface area contributed by atoms with Crippen LogP contribution in [0.2, 0.25) is 0 Å². The van der Waals surface area contributed by atoms with Crippen LogP contribution in [-0.2, 0) is 11.3 Å². The summed E-state index contributed by atoms with van der Waals surface area (Å²) in [5, 5.41) is 4.12. The number of aromatic nitrogens is 4. The molecule has 9 heteroatoms. The van der Waals surface area contributed by atoms with Gasteiger partial charge in [-0.25, -0.2) is 19.0 Å². The van der Waals surface area contributed by atoms with Crippen LogP contribution in [0.3, 0.4) is 0 Å². The second kappa shape index (κ2) is 8.40. The van der Waals surface area contributed by atoms with Crippen LogP contribution < -0.4 is 10.5 Å². The number of carbonyl (C=O) groups excluding carboxylic acids is 1.